The molecule has 1 aliphatic heterocycles. The van der Waals surface area contributed by atoms with Crippen molar-refractivity contribution >= 4 is 30.3 Å². The average molecular weight is 382 g/mol. The second-order valence-corrected chi connectivity index (χ2v) is 9.10. The SMILES string of the molecule is CC(C)(C)OC(=O)NCCc1cc(Cl)cc(B2OC(C)(C)C(C)(C)O2)c1. The lowest BCUT2D eigenvalue weighted by molar-refractivity contribution is 0.00578. The Morgan fingerprint density at radius 3 is 2.27 bits per heavy atom. The number of carbonyl (C=O) groups is 1. The molecule has 1 N–H and O–H groups in total. The molecule has 2 rings (SSSR count). The van der Waals surface area contributed by atoms with Crippen LogP contribution < -0.4 is 10.8 Å². The highest BCUT2D eigenvalue weighted by Crippen LogP contribution is 2.36. The average Bonchev–Trinajstić information content (AvgIpc) is 2.65. The molecule has 1 aromatic carbocycles. The van der Waals surface area contributed by atoms with Gasteiger partial charge in [-0.05, 0) is 78.0 Å². The lowest BCUT2D eigenvalue weighted by Crippen LogP contribution is -2.41. The van der Waals surface area contributed by atoms with E-state index in [2.05, 4.69) is 5.32 Å². The standard InChI is InChI=1S/C19H29BClNO4/c1-17(2,3)24-16(23)22-9-8-13-10-14(12-15(21)11-13)20-25-18(4,5)19(6,7)26-20/h10-12H,8-9H2,1-7H3,(H,22,23). The van der Waals surface area contributed by atoms with Gasteiger partial charge < -0.3 is 19.4 Å². The van der Waals surface area contributed by atoms with Crippen LogP contribution in [0.15, 0.2) is 18.2 Å². The van der Waals surface area contributed by atoms with Crippen molar-refractivity contribution in [1.82, 2.24) is 5.32 Å². The molecule has 0 spiro atoms. The zero-order valence-corrected chi connectivity index (χ0v) is 17.5. The van der Waals surface area contributed by atoms with Crippen LogP contribution in [0.5, 0.6) is 0 Å². The van der Waals surface area contributed by atoms with E-state index >= 15 is 0 Å². The molecule has 1 aromatic rings. The molecule has 7 heteroatoms. The van der Waals surface area contributed by atoms with Gasteiger partial charge in [0.2, 0.25) is 0 Å². The molecule has 1 saturated heterocycles. The summed E-state index contributed by atoms with van der Waals surface area (Å²) >= 11 is 6.28. The summed E-state index contributed by atoms with van der Waals surface area (Å²) in [4.78, 5) is 11.7. The molecule has 0 unspecified atom stereocenters. The molecule has 1 amide bonds. The molecular formula is C19H29BClNO4. The summed E-state index contributed by atoms with van der Waals surface area (Å²) in [5.41, 5.74) is 0.558. The van der Waals surface area contributed by atoms with Gasteiger partial charge in [-0.2, -0.15) is 0 Å². The predicted octanol–water partition coefficient (Wildman–Crippen LogP) is 3.71. The molecular weight excluding hydrogens is 352 g/mol. The van der Waals surface area contributed by atoms with Crippen molar-refractivity contribution in [3.8, 4) is 0 Å². The third-order valence-electron chi connectivity index (χ3n) is 4.59. The first-order chi connectivity index (χ1) is 11.8. The van der Waals surface area contributed by atoms with E-state index in [1.165, 1.54) is 0 Å². The Hall–Kier alpha value is -1.24. The number of halogens is 1. The van der Waals surface area contributed by atoms with Crippen molar-refractivity contribution in [2.24, 2.45) is 0 Å². The monoisotopic (exact) mass is 381 g/mol. The van der Waals surface area contributed by atoms with Crippen LogP contribution in [0, 0.1) is 0 Å². The molecule has 0 aromatic heterocycles. The maximum Gasteiger partial charge on any atom is 0.494 e. The quantitative estimate of drug-likeness (QED) is 0.808. The molecule has 26 heavy (non-hydrogen) atoms. The highest BCUT2D eigenvalue weighted by molar-refractivity contribution is 6.62. The number of rotatable bonds is 4. The van der Waals surface area contributed by atoms with E-state index < -0.39 is 30.0 Å². The minimum Gasteiger partial charge on any atom is -0.444 e. The first-order valence-corrected chi connectivity index (χ1v) is 9.29. The van der Waals surface area contributed by atoms with Gasteiger partial charge in [0.25, 0.3) is 0 Å². The van der Waals surface area contributed by atoms with Gasteiger partial charge in [0.15, 0.2) is 0 Å². The van der Waals surface area contributed by atoms with Gasteiger partial charge in [-0.1, -0.05) is 17.7 Å². The molecule has 1 aliphatic rings. The van der Waals surface area contributed by atoms with Gasteiger partial charge in [0.05, 0.1) is 11.2 Å². The largest absolute Gasteiger partial charge is 0.494 e. The van der Waals surface area contributed by atoms with Gasteiger partial charge in [0, 0.05) is 11.6 Å². The van der Waals surface area contributed by atoms with Gasteiger partial charge in [-0.3, -0.25) is 0 Å². The number of hydrogen-bond donors (Lipinski definition) is 1. The Morgan fingerprint density at radius 2 is 1.73 bits per heavy atom. The minimum absolute atomic E-state index is 0.404. The fourth-order valence-electron chi connectivity index (χ4n) is 2.56. The van der Waals surface area contributed by atoms with Crippen molar-refractivity contribution in [2.45, 2.75) is 71.7 Å². The Bertz CT molecular complexity index is 654. The fourth-order valence-corrected chi connectivity index (χ4v) is 2.82. The summed E-state index contributed by atoms with van der Waals surface area (Å²) in [6.45, 7) is 14.0. The fraction of sp³-hybridized carbons (Fsp3) is 0.632. The first kappa shape index (κ1) is 21.1. The molecule has 144 valence electrons. The third-order valence-corrected chi connectivity index (χ3v) is 4.81. The molecule has 5 nitrogen and oxygen atoms in total. The van der Waals surface area contributed by atoms with Gasteiger partial charge in [0.1, 0.15) is 5.60 Å². The summed E-state index contributed by atoms with van der Waals surface area (Å²) < 4.78 is 17.4. The van der Waals surface area contributed by atoms with E-state index in [0.717, 1.165) is 11.0 Å². The first-order valence-electron chi connectivity index (χ1n) is 8.91. The lowest BCUT2D eigenvalue weighted by atomic mass is 9.78. The minimum atomic E-state index is -0.510. The topological polar surface area (TPSA) is 56.8 Å². The van der Waals surface area contributed by atoms with Crippen molar-refractivity contribution in [1.29, 1.82) is 0 Å². The van der Waals surface area contributed by atoms with Crippen LogP contribution in [0.25, 0.3) is 0 Å². The molecule has 0 atom stereocenters. The van der Waals surface area contributed by atoms with E-state index in [1.807, 2.05) is 66.7 Å². The van der Waals surface area contributed by atoms with Gasteiger partial charge in [-0.25, -0.2) is 4.79 Å². The third kappa shape index (κ3) is 5.38. The highest BCUT2D eigenvalue weighted by Gasteiger charge is 2.51. The number of amides is 1. The summed E-state index contributed by atoms with van der Waals surface area (Å²) in [7, 11) is -0.462. The predicted molar refractivity (Wildman–Crippen MR) is 105 cm³/mol. The van der Waals surface area contributed by atoms with Crippen LogP contribution in [0.2, 0.25) is 5.02 Å². The van der Waals surface area contributed by atoms with Crippen molar-refractivity contribution in [3.63, 3.8) is 0 Å². The number of ether oxygens (including phenoxy) is 1. The maximum atomic E-state index is 11.7. The molecule has 1 heterocycles. The van der Waals surface area contributed by atoms with Crippen molar-refractivity contribution in [3.05, 3.63) is 28.8 Å². The Kier molecular flexibility index (Phi) is 6.01. The molecule has 0 saturated carbocycles. The highest BCUT2D eigenvalue weighted by atomic mass is 35.5. The van der Waals surface area contributed by atoms with E-state index in [0.29, 0.717) is 18.0 Å². The van der Waals surface area contributed by atoms with Crippen LogP contribution >= 0.6 is 11.6 Å². The number of nitrogens with one attached hydrogen (secondary N) is 1. The molecule has 1 fully saturated rings. The van der Waals surface area contributed by atoms with Gasteiger partial charge in [-0.15, -0.1) is 0 Å². The summed E-state index contributed by atoms with van der Waals surface area (Å²) in [6, 6.07) is 5.74. The lowest BCUT2D eigenvalue weighted by Gasteiger charge is -2.32. The van der Waals surface area contributed by atoms with Crippen LogP contribution in [-0.2, 0) is 20.5 Å². The van der Waals surface area contributed by atoms with E-state index in [-0.39, 0.29) is 0 Å². The van der Waals surface area contributed by atoms with Crippen LogP contribution in [0.1, 0.15) is 54.0 Å². The maximum absolute atomic E-state index is 11.7. The molecule has 0 bridgehead atoms. The number of benzene rings is 1. The number of hydrogen-bond acceptors (Lipinski definition) is 4. The Labute approximate surface area is 161 Å². The van der Waals surface area contributed by atoms with Gasteiger partial charge >= 0.3 is 13.2 Å². The van der Waals surface area contributed by atoms with Crippen LogP contribution in [0.3, 0.4) is 0 Å². The zero-order valence-electron chi connectivity index (χ0n) is 16.7. The summed E-state index contributed by atoms with van der Waals surface area (Å²) in [5, 5.41) is 3.37. The van der Waals surface area contributed by atoms with Crippen LogP contribution in [0.4, 0.5) is 4.79 Å². The summed E-state index contributed by atoms with van der Waals surface area (Å²) in [6.07, 6.45) is 0.206. The summed E-state index contributed by atoms with van der Waals surface area (Å²) in [5.74, 6) is 0. The number of carbonyl (C=O) groups excluding carboxylic acids is 1. The Balaban J connectivity index is 2.01. The van der Waals surface area contributed by atoms with E-state index in [1.54, 1.807) is 0 Å². The van der Waals surface area contributed by atoms with E-state index in [9.17, 15) is 4.79 Å². The molecule has 0 aliphatic carbocycles. The number of alkyl carbamates (subject to hydrolysis) is 1. The Morgan fingerprint density at radius 1 is 1.15 bits per heavy atom. The van der Waals surface area contributed by atoms with Crippen LogP contribution in [-0.4, -0.2) is 36.6 Å². The van der Waals surface area contributed by atoms with Crippen molar-refractivity contribution in [2.75, 3.05) is 6.54 Å². The normalized spacial score (nSPS) is 18.7. The smallest absolute Gasteiger partial charge is 0.444 e. The molecule has 0 radical (unpaired) electrons. The zero-order chi connectivity index (χ0) is 19.8. The second kappa shape index (κ2) is 7.41. The van der Waals surface area contributed by atoms with E-state index in [4.69, 9.17) is 25.6 Å². The van der Waals surface area contributed by atoms with Crippen molar-refractivity contribution < 1.29 is 18.8 Å². The second-order valence-electron chi connectivity index (χ2n) is 8.66.